The number of rotatable bonds is 5. The summed E-state index contributed by atoms with van der Waals surface area (Å²) in [6.07, 6.45) is 1.65. The molecule has 1 atom stereocenters. The number of hydrogen-bond donors (Lipinski definition) is 3. The van der Waals surface area contributed by atoms with Crippen molar-refractivity contribution in [1.29, 1.82) is 0 Å². The van der Waals surface area contributed by atoms with Gasteiger partial charge in [-0.1, -0.05) is 13.8 Å². The van der Waals surface area contributed by atoms with Gasteiger partial charge in [0.25, 0.3) is 0 Å². The molecule has 16 heavy (non-hydrogen) atoms. The lowest BCUT2D eigenvalue weighted by Crippen LogP contribution is -2.44. The van der Waals surface area contributed by atoms with Crippen LogP contribution >= 0.6 is 0 Å². The maximum absolute atomic E-state index is 11.5. The van der Waals surface area contributed by atoms with Crippen LogP contribution in [0.2, 0.25) is 0 Å². The third-order valence-corrected chi connectivity index (χ3v) is 2.16. The number of carboxylic acids is 1. The second-order valence-corrected chi connectivity index (χ2v) is 3.89. The molecule has 1 heterocycles. The van der Waals surface area contributed by atoms with E-state index >= 15 is 0 Å². The minimum Gasteiger partial charge on any atom is -0.480 e. The fourth-order valence-electron chi connectivity index (χ4n) is 1.29. The van der Waals surface area contributed by atoms with Crippen molar-refractivity contribution in [1.82, 2.24) is 15.5 Å². The lowest BCUT2D eigenvalue weighted by atomic mass is 10.0. The normalized spacial score (nSPS) is 12.4. The minimum atomic E-state index is -1.02. The Kier molecular flexibility index (Phi) is 4.04. The van der Waals surface area contributed by atoms with Gasteiger partial charge in [-0.05, 0) is 12.0 Å². The van der Waals surface area contributed by atoms with E-state index in [0.717, 1.165) is 0 Å². The van der Waals surface area contributed by atoms with Gasteiger partial charge in [0.2, 0.25) is 5.91 Å². The number of carboxylic acid groups (broad SMARTS) is 1. The molecule has 0 spiro atoms. The molecule has 0 saturated carbocycles. The lowest BCUT2D eigenvalue weighted by molar-refractivity contribution is -0.143. The quantitative estimate of drug-likeness (QED) is 0.666. The van der Waals surface area contributed by atoms with Gasteiger partial charge >= 0.3 is 5.97 Å². The van der Waals surface area contributed by atoms with E-state index in [1.165, 1.54) is 0 Å². The molecule has 0 aliphatic rings. The molecule has 0 unspecified atom stereocenters. The van der Waals surface area contributed by atoms with Crippen LogP contribution in [0.3, 0.4) is 0 Å². The molecule has 6 heteroatoms. The van der Waals surface area contributed by atoms with Gasteiger partial charge in [0.1, 0.15) is 6.04 Å². The van der Waals surface area contributed by atoms with Gasteiger partial charge < -0.3 is 10.4 Å². The molecule has 3 N–H and O–H groups in total. The first kappa shape index (κ1) is 12.2. The largest absolute Gasteiger partial charge is 0.480 e. The highest BCUT2D eigenvalue weighted by molar-refractivity contribution is 5.84. The molecule has 1 amide bonds. The van der Waals surface area contributed by atoms with Crippen LogP contribution in [0.4, 0.5) is 0 Å². The Hall–Kier alpha value is -1.85. The summed E-state index contributed by atoms with van der Waals surface area (Å²) in [5, 5.41) is 17.7. The van der Waals surface area contributed by atoms with Crippen LogP contribution in [-0.4, -0.2) is 33.2 Å². The monoisotopic (exact) mass is 225 g/mol. The van der Waals surface area contributed by atoms with Gasteiger partial charge in [-0.3, -0.25) is 9.89 Å². The zero-order valence-electron chi connectivity index (χ0n) is 9.23. The second kappa shape index (κ2) is 5.29. The Morgan fingerprint density at radius 2 is 2.25 bits per heavy atom. The zero-order valence-corrected chi connectivity index (χ0v) is 9.23. The fraction of sp³-hybridized carbons (Fsp3) is 0.500. The minimum absolute atomic E-state index is 0.108. The predicted octanol–water partition coefficient (Wildman–Crippen LogP) is 0.178. The Morgan fingerprint density at radius 1 is 1.56 bits per heavy atom. The van der Waals surface area contributed by atoms with Crippen LogP contribution in [0.1, 0.15) is 19.5 Å². The van der Waals surface area contributed by atoms with Gasteiger partial charge in [-0.15, -0.1) is 0 Å². The van der Waals surface area contributed by atoms with E-state index in [0.29, 0.717) is 5.69 Å². The number of nitrogens with zero attached hydrogens (tertiary/aromatic N) is 1. The topological polar surface area (TPSA) is 95.1 Å². The Balaban J connectivity index is 2.52. The van der Waals surface area contributed by atoms with Gasteiger partial charge in [-0.25, -0.2) is 4.79 Å². The summed E-state index contributed by atoms with van der Waals surface area (Å²) in [4.78, 5) is 22.4. The first-order valence-corrected chi connectivity index (χ1v) is 5.01. The predicted molar refractivity (Wildman–Crippen MR) is 56.7 cm³/mol. The second-order valence-electron chi connectivity index (χ2n) is 3.89. The number of hydrogen-bond acceptors (Lipinski definition) is 3. The van der Waals surface area contributed by atoms with Crippen molar-refractivity contribution in [2.24, 2.45) is 5.92 Å². The third-order valence-electron chi connectivity index (χ3n) is 2.16. The standard InChI is InChI=1S/C10H15N3O3/c1-6(2)9(10(15)16)12-8(14)5-7-3-4-11-13-7/h3-4,6,9H,5H2,1-2H3,(H,11,13)(H,12,14)(H,15,16)/t9-/m1/s1. The molecule has 88 valence electrons. The van der Waals surface area contributed by atoms with Crippen molar-refractivity contribution < 1.29 is 14.7 Å². The summed E-state index contributed by atoms with van der Waals surface area (Å²) >= 11 is 0. The SMILES string of the molecule is CC(C)[C@@H](NC(=O)Cc1ccn[nH]1)C(=O)O. The summed E-state index contributed by atoms with van der Waals surface area (Å²) in [5.41, 5.74) is 0.658. The summed E-state index contributed by atoms with van der Waals surface area (Å²) < 4.78 is 0. The first-order valence-electron chi connectivity index (χ1n) is 5.01. The third kappa shape index (κ3) is 3.38. The molecular formula is C10H15N3O3. The van der Waals surface area contributed by atoms with Crippen molar-refractivity contribution in [3.05, 3.63) is 18.0 Å². The average molecular weight is 225 g/mol. The molecule has 6 nitrogen and oxygen atoms in total. The average Bonchev–Trinajstić information content (AvgIpc) is 2.65. The molecule has 1 rings (SSSR count). The zero-order chi connectivity index (χ0) is 12.1. The fourth-order valence-corrected chi connectivity index (χ4v) is 1.29. The van der Waals surface area contributed by atoms with Gasteiger partial charge in [-0.2, -0.15) is 5.10 Å². The molecule has 0 aliphatic carbocycles. The number of carbonyl (C=O) groups excluding carboxylic acids is 1. The number of nitrogens with one attached hydrogen (secondary N) is 2. The number of aromatic nitrogens is 2. The van der Waals surface area contributed by atoms with Crippen molar-refractivity contribution in [3.8, 4) is 0 Å². The summed E-state index contributed by atoms with van der Waals surface area (Å²) in [5.74, 6) is -1.50. The van der Waals surface area contributed by atoms with Crippen molar-refractivity contribution in [3.63, 3.8) is 0 Å². The number of aromatic amines is 1. The highest BCUT2D eigenvalue weighted by Gasteiger charge is 2.23. The number of aliphatic carboxylic acids is 1. The van der Waals surface area contributed by atoms with Crippen LogP contribution in [0.25, 0.3) is 0 Å². The van der Waals surface area contributed by atoms with Crippen LogP contribution < -0.4 is 5.32 Å². The number of H-pyrrole nitrogens is 1. The number of carbonyl (C=O) groups is 2. The maximum Gasteiger partial charge on any atom is 0.326 e. The van der Waals surface area contributed by atoms with E-state index in [1.807, 2.05) is 0 Å². The smallest absolute Gasteiger partial charge is 0.326 e. The van der Waals surface area contributed by atoms with Crippen LogP contribution in [0.5, 0.6) is 0 Å². The van der Waals surface area contributed by atoms with Gasteiger partial charge in [0, 0.05) is 11.9 Å². The van der Waals surface area contributed by atoms with Gasteiger partial charge in [0.15, 0.2) is 0 Å². The van der Waals surface area contributed by atoms with Crippen LogP contribution in [0, 0.1) is 5.92 Å². The lowest BCUT2D eigenvalue weighted by Gasteiger charge is -2.17. The summed E-state index contributed by atoms with van der Waals surface area (Å²) in [7, 11) is 0. The number of amides is 1. The first-order chi connectivity index (χ1) is 7.50. The highest BCUT2D eigenvalue weighted by Crippen LogP contribution is 2.02. The van der Waals surface area contributed by atoms with E-state index < -0.39 is 12.0 Å². The Labute approximate surface area is 93.1 Å². The Morgan fingerprint density at radius 3 is 2.69 bits per heavy atom. The van der Waals surface area contributed by atoms with Crippen molar-refractivity contribution >= 4 is 11.9 Å². The molecule has 0 aliphatic heterocycles. The molecule has 0 bridgehead atoms. The van der Waals surface area contributed by atoms with Gasteiger partial charge in [0.05, 0.1) is 6.42 Å². The Bertz CT molecular complexity index is 359. The van der Waals surface area contributed by atoms with Crippen molar-refractivity contribution in [2.45, 2.75) is 26.3 Å². The highest BCUT2D eigenvalue weighted by atomic mass is 16.4. The van der Waals surface area contributed by atoms with E-state index in [-0.39, 0.29) is 18.2 Å². The summed E-state index contributed by atoms with van der Waals surface area (Å²) in [6.45, 7) is 3.49. The molecule has 1 aromatic heterocycles. The molecule has 1 aromatic rings. The molecule has 0 saturated heterocycles. The van der Waals surface area contributed by atoms with E-state index in [9.17, 15) is 9.59 Å². The van der Waals surface area contributed by atoms with Crippen LogP contribution in [0.15, 0.2) is 12.3 Å². The van der Waals surface area contributed by atoms with E-state index in [1.54, 1.807) is 26.1 Å². The molecule has 0 fully saturated rings. The van der Waals surface area contributed by atoms with E-state index in [2.05, 4.69) is 15.5 Å². The van der Waals surface area contributed by atoms with Crippen LogP contribution in [-0.2, 0) is 16.0 Å². The van der Waals surface area contributed by atoms with E-state index in [4.69, 9.17) is 5.11 Å². The molecule has 0 aromatic carbocycles. The molecule has 0 radical (unpaired) electrons. The molecular weight excluding hydrogens is 210 g/mol. The van der Waals surface area contributed by atoms with Crippen molar-refractivity contribution in [2.75, 3.05) is 0 Å². The summed E-state index contributed by atoms with van der Waals surface area (Å²) in [6, 6.07) is 0.820. The maximum atomic E-state index is 11.5.